The lowest BCUT2D eigenvalue weighted by atomic mass is 10.2. The summed E-state index contributed by atoms with van der Waals surface area (Å²) in [4.78, 5) is 8.17. The quantitative estimate of drug-likeness (QED) is 0.688. The molecule has 0 amide bonds. The van der Waals surface area contributed by atoms with Crippen LogP contribution in [0.15, 0.2) is 47.1 Å². The van der Waals surface area contributed by atoms with Gasteiger partial charge in [-0.1, -0.05) is 34.5 Å². The van der Waals surface area contributed by atoms with Crippen molar-refractivity contribution in [1.29, 1.82) is 0 Å². The molecule has 0 spiro atoms. The molecule has 0 aliphatic rings. The molecule has 106 valence electrons. The van der Waals surface area contributed by atoms with Crippen LogP contribution in [-0.2, 0) is 6.61 Å². The SMILES string of the molecule is Cc1ccc(OCc2noc(-c3ccnc(Cl)c3)n2)cc1. The van der Waals surface area contributed by atoms with E-state index in [1.165, 1.54) is 5.56 Å². The maximum absolute atomic E-state index is 5.83. The molecule has 0 N–H and O–H groups in total. The van der Waals surface area contributed by atoms with E-state index in [0.29, 0.717) is 16.9 Å². The van der Waals surface area contributed by atoms with Crippen molar-refractivity contribution >= 4 is 11.6 Å². The summed E-state index contributed by atoms with van der Waals surface area (Å²) < 4.78 is 10.8. The number of aryl methyl sites for hydroxylation is 1. The van der Waals surface area contributed by atoms with Crippen LogP contribution in [-0.4, -0.2) is 15.1 Å². The summed E-state index contributed by atoms with van der Waals surface area (Å²) in [6, 6.07) is 11.2. The summed E-state index contributed by atoms with van der Waals surface area (Å²) >= 11 is 5.83. The average molecular weight is 302 g/mol. The maximum atomic E-state index is 5.83. The minimum Gasteiger partial charge on any atom is -0.485 e. The third-order valence-corrected chi connectivity index (χ3v) is 3.04. The molecule has 0 radical (unpaired) electrons. The molecule has 0 saturated carbocycles. The van der Waals surface area contributed by atoms with Crippen molar-refractivity contribution in [3.63, 3.8) is 0 Å². The molecule has 3 rings (SSSR count). The van der Waals surface area contributed by atoms with Gasteiger partial charge in [-0.2, -0.15) is 4.98 Å². The molecule has 0 fully saturated rings. The molecule has 6 heteroatoms. The first-order valence-electron chi connectivity index (χ1n) is 6.35. The van der Waals surface area contributed by atoms with Crippen molar-refractivity contribution < 1.29 is 9.26 Å². The van der Waals surface area contributed by atoms with Gasteiger partial charge in [-0.25, -0.2) is 4.98 Å². The van der Waals surface area contributed by atoms with Crippen LogP contribution >= 0.6 is 11.6 Å². The van der Waals surface area contributed by atoms with Crippen molar-refractivity contribution in [2.75, 3.05) is 0 Å². The number of nitrogens with zero attached hydrogens (tertiary/aromatic N) is 3. The van der Waals surface area contributed by atoms with Crippen LogP contribution < -0.4 is 4.74 Å². The highest BCUT2D eigenvalue weighted by molar-refractivity contribution is 6.29. The minimum absolute atomic E-state index is 0.241. The van der Waals surface area contributed by atoms with Gasteiger partial charge in [0, 0.05) is 11.8 Å². The van der Waals surface area contributed by atoms with Gasteiger partial charge in [0.2, 0.25) is 5.82 Å². The van der Waals surface area contributed by atoms with Gasteiger partial charge in [0.05, 0.1) is 0 Å². The van der Waals surface area contributed by atoms with Crippen LogP contribution in [0, 0.1) is 6.92 Å². The van der Waals surface area contributed by atoms with Gasteiger partial charge in [-0.15, -0.1) is 0 Å². The standard InChI is InChI=1S/C15H12ClN3O2/c1-10-2-4-12(5-3-10)20-9-14-18-15(21-19-14)11-6-7-17-13(16)8-11/h2-8H,9H2,1H3. The minimum atomic E-state index is 0.241. The first kappa shape index (κ1) is 13.6. The lowest BCUT2D eigenvalue weighted by molar-refractivity contribution is 0.287. The number of ether oxygens (including phenoxy) is 1. The predicted octanol–water partition coefficient (Wildman–Crippen LogP) is 3.67. The van der Waals surface area contributed by atoms with E-state index in [1.807, 2.05) is 31.2 Å². The Kier molecular flexibility index (Phi) is 3.83. The van der Waals surface area contributed by atoms with Gasteiger partial charge < -0.3 is 9.26 Å². The highest BCUT2D eigenvalue weighted by Gasteiger charge is 2.10. The van der Waals surface area contributed by atoms with E-state index in [4.69, 9.17) is 20.9 Å². The molecule has 21 heavy (non-hydrogen) atoms. The van der Waals surface area contributed by atoms with Crippen LogP contribution in [0.1, 0.15) is 11.4 Å². The second-order valence-electron chi connectivity index (χ2n) is 4.48. The van der Waals surface area contributed by atoms with E-state index >= 15 is 0 Å². The average Bonchev–Trinajstić information content (AvgIpc) is 2.96. The van der Waals surface area contributed by atoms with E-state index in [-0.39, 0.29) is 6.61 Å². The van der Waals surface area contributed by atoms with Gasteiger partial charge in [0.1, 0.15) is 10.9 Å². The fraction of sp³-hybridized carbons (Fsp3) is 0.133. The van der Waals surface area contributed by atoms with Gasteiger partial charge in [-0.3, -0.25) is 0 Å². The number of halogens is 1. The second-order valence-corrected chi connectivity index (χ2v) is 4.87. The Bertz CT molecular complexity index is 741. The molecule has 0 unspecified atom stereocenters. The Morgan fingerprint density at radius 2 is 2.00 bits per heavy atom. The van der Waals surface area contributed by atoms with Crippen LogP contribution in [0.5, 0.6) is 5.75 Å². The molecule has 0 aliphatic heterocycles. The summed E-state index contributed by atoms with van der Waals surface area (Å²) in [7, 11) is 0. The molecule has 0 saturated heterocycles. The zero-order valence-corrected chi connectivity index (χ0v) is 12.0. The van der Waals surface area contributed by atoms with Gasteiger partial charge >= 0.3 is 0 Å². The van der Waals surface area contributed by atoms with Crippen LogP contribution in [0.3, 0.4) is 0 Å². The van der Waals surface area contributed by atoms with E-state index in [2.05, 4.69) is 15.1 Å². The van der Waals surface area contributed by atoms with E-state index in [1.54, 1.807) is 18.3 Å². The lowest BCUT2D eigenvalue weighted by Gasteiger charge is -2.02. The molecule has 3 aromatic rings. The summed E-state index contributed by atoms with van der Waals surface area (Å²) in [6.07, 6.45) is 1.59. The number of pyridine rings is 1. The summed E-state index contributed by atoms with van der Waals surface area (Å²) in [5.41, 5.74) is 1.91. The molecular formula is C15H12ClN3O2. The van der Waals surface area contributed by atoms with Crippen molar-refractivity contribution in [2.45, 2.75) is 13.5 Å². The normalized spacial score (nSPS) is 10.6. The zero-order valence-electron chi connectivity index (χ0n) is 11.3. The number of hydrogen-bond donors (Lipinski definition) is 0. The van der Waals surface area contributed by atoms with Gasteiger partial charge in [-0.05, 0) is 31.2 Å². The predicted molar refractivity (Wildman–Crippen MR) is 78.1 cm³/mol. The first-order valence-corrected chi connectivity index (χ1v) is 6.72. The first-order chi connectivity index (χ1) is 10.2. The Hall–Kier alpha value is -2.40. The summed E-state index contributed by atoms with van der Waals surface area (Å²) in [5.74, 6) is 1.62. The van der Waals surface area contributed by atoms with E-state index < -0.39 is 0 Å². The molecule has 0 bridgehead atoms. The highest BCUT2D eigenvalue weighted by atomic mass is 35.5. The monoisotopic (exact) mass is 301 g/mol. The summed E-state index contributed by atoms with van der Waals surface area (Å²) in [6.45, 7) is 2.26. The third kappa shape index (κ3) is 3.38. The Labute approximate surface area is 126 Å². The fourth-order valence-corrected chi connectivity index (χ4v) is 1.92. The molecule has 1 aromatic carbocycles. The number of rotatable bonds is 4. The van der Waals surface area contributed by atoms with Crippen molar-refractivity contribution in [1.82, 2.24) is 15.1 Å². The maximum Gasteiger partial charge on any atom is 0.258 e. The largest absolute Gasteiger partial charge is 0.485 e. The Morgan fingerprint density at radius 1 is 1.19 bits per heavy atom. The number of hydrogen-bond acceptors (Lipinski definition) is 5. The Balaban J connectivity index is 1.69. The molecule has 0 aliphatic carbocycles. The topological polar surface area (TPSA) is 61.0 Å². The fourth-order valence-electron chi connectivity index (χ4n) is 1.75. The smallest absolute Gasteiger partial charge is 0.258 e. The lowest BCUT2D eigenvalue weighted by Crippen LogP contribution is -1.97. The Morgan fingerprint density at radius 3 is 2.76 bits per heavy atom. The van der Waals surface area contributed by atoms with E-state index in [9.17, 15) is 0 Å². The second kappa shape index (κ2) is 5.93. The van der Waals surface area contributed by atoms with E-state index in [0.717, 1.165) is 11.3 Å². The number of aromatic nitrogens is 3. The zero-order chi connectivity index (χ0) is 14.7. The van der Waals surface area contributed by atoms with Crippen LogP contribution in [0.4, 0.5) is 0 Å². The molecule has 2 heterocycles. The van der Waals surface area contributed by atoms with Crippen LogP contribution in [0.25, 0.3) is 11.5 Å². The summed E-state index contributed by atoms with van der Waals surface area (Å²) in [5, 5.41) is 4.26. The molecular weight excluding hydrogens is 290 g/mol. The van der Waals surface area contributed by atoms with Gasteiger partial charge in [0.25, 0.3) is 5.89 Å². The number of benzene rings is 1. The van der Waals surface area contributed by atoms with Crippen LogP contribution in [0.2, 0.25) is 5.15 Å². The van der Waals surface area contributed by atoms with Crippen molar-refractivity contribution in [2.24, 2.45) is 0 Å². The third-order valence-electron chi connectivity index (χ3n) is 2.83. The van der Waals surface area contributed by atoms with Gasteiger partial charge in [0.15, 0.2) is 6.61 Å². The molecule has 5 nitrogen and oxygen atoms in total. The van der Waals surface area contributed by atoms with Crippen molar-refractivity contribution in [3.05, 3.63) is 59.1 Å². The molecule has 0 atom stereocenters. The van der Waals surface area contributed by atoms with Crippen molar-refractivity contribution in [3.8, 4) is 17.2 Å². The molecule has 2 aromatic heterocycles. The highest BCUT2D eigenvalue weighted by Crippen LogP contribution is 2.20.